The molecule has 0 radical (unpaired) electrons. The summed E-state index contributed by atoms with van der Waals surface area (Å²) < 4.78 is 0. The van der Waals surface area contributed by atoms with Crippen LogP contribution in [0.3, 0.4) is 0 Å². The molecule has 2 amide bonds. The van der Waals surface area contributed by atoms with E-state index in [2.05, 4.69) is 10.6 Å². The summed E-state index contributed by atoms with van der Waals surface area (Å²) in [6.45, 7) is 6.28. The average molecular weight is 186 g/mol. The van der Waals surface area contributed by atoms with Crippen LogP contribution in [0.1, 0.15) is 27.2 Å². The molecule has 0 unspecified atom stereocenters. The molecule has 0 atom stereocenters. The zero-order chi connectivity index (χ0) is 10.3. The number of hydrogen-bond acceptors (Lipinski definition) is 2. The number of hydrogen-bond donors (Lipinski definition) is 2. The Kier molecular flexibility index (Phi) is 5.93. The lowest BCUT2D eigenvalue weighted by Crippen LogP contribution is -2.34. The molecule has 0 aliphatic rings. The Morgan fingerprint density at radius 1 is 1.08 bits per heavy atom. The van der Waals surface area contributed by atoms with Crippen molar-refractivity contribution in [2.24, 2.45) is 5.92 Å². The van der Waals surface area contributed by atoms with E-state index in [1.807, 2.05) is 6.92 Å². The molecule has 0 bridgehead atoms. The van der Waals surface area contributed by atoms with Gasteiger partial charge in [-0.3, -0.25) is 9.59 Å². The van der Waals surface area contributed by atoms with Crippen LogP contribution in [0.4, 0.5) is 0 Å². The molecule has 0 saturated carbocycles. The predicted molar refractivity (Wildman–Crippen MR) is 51.1 cm³/mol. The number of rotatable bonds is 5. The van der Waals surface area contributed by atoms with Crippen molar-refractivity contribution in [2.45, 2.75) is 27.2 Å². The van der Waals surface area contributed by atoms with E-state index in [1.54, 1.807) is 0 Å². The standard InChI is InChI=1S/C9H18N2O2/c1-4-9(5-10-7(2)12)6-11-8(3)13/h9H,4-6H2,1-3H3,(H,10,12)(H,11,13). The van der Waals surface area contributed by atoms with Gasteiger partial charge in [0.25, 0.3) is 0 Å². The van der Waals surface area contributed by atoms with Gasteiger partial charge in [-0.15, -0.1) is 0 Å². The van der Waals surface area contributed by atoms with Crippen molar-refractivity contribution in [1.29, 1.82) is 0 Å². The maximum atomic E-state index is 10.6. The molecule has 0 fully saturated rings. The second-order valence-corrected chi connectivity index (χ2v) is 3.15. The van der Waals surface area contributed by atoms with E-state index in [0.717, 1.165) is 6.42 Å². The van der Waals surface area contributed by atoms with Gasteiger partial charge in [0.15, 0.2) is 0 Å². The van der Waals surface area contributed by atoms with Crippen LogP contribution in [0.2, 0.25) is 0 Å². The summed E-state index contributed by atoms with van der Waals surface area (Å²) in [5.41, 5.74) is 0. The van der Waals surface area contributed by atoms with Gasteiger partial charge in [0.05, 0.1) is 0 Å². The first kappa shape index (κ1) is 11.9. The fourth-order valence-corrected chi connectivity index (χ4v) is 0.937. The largest absolute Gasteiger partial charge is 0.356 e. The van der Waals surface area contributed by atoms with Crippen LogP contribution in [0.15, 0.2) is 0 Å². The van der Waals surface area contributed by atoms with Crippen LogP contribution < -0.4 is 10.6 Å². The van der Waals surface area contributed by atoms with Crippen molar-refractivity contribution in [3.63, 3.8) is 0 Å². The van der Waals surface area contributed by atoms with Crippen LogP contribution in [-0.4, -0.2) is 24.9 Å². The SMILES string of the molecule is CCC(CNC(C)=O)CNC(C)=O. The van der Waals surface area contributed by atoms with E-state index < -0.39 is 0 Å². The van der Waals surface area contributed by atoms with Crippen LogP contribution in [0.5, 0.6) is 0 Å². The van der Waals surface area contributed by atoms with E-state index in [0.29, 0.717) is 19.0 Å². The van der Waals surface area contributed by atoms with Crippen LogP contribution in [0, 0.1) is 5.92 Å². The van der Waals surface area contributed by atoms with Crippen molar-refractivity contribution >= 4 is 11.8 Å². The number of carbonyl (C=O) groups is 2. The number of nitrogens with one attached hydrogen (secondary N) is 2. The molecule has 0 rings (SSSR count). The van der Waals surface area contributed by atoms with Gasteiger partial charge in [0.1, 0.15) is 0 Å². The summed E-state index contributed by atoms with van der Waals surface area (Å²) in [4.78, 5) is 21.2. The third kappa shape index (κ3) is 7.31. The van der Waals surface area contributed by atoms with Gasteiger partial charge >= 0.3 is 0 Å². The smallest absolute Gasteiger partial charge is 0.216 e. The molecule has 76 valence electrons. The summed E-state index contributed by atoms with van der Waals surface area (Å²) in [5, 5.41) is 5.46. The van der Waals surface area contributed by atoms with Gasteiger partial charge in [0.2, 0.25) is 11.8 Å². The Bertz CT molecular complexity index is 162. The van der Waals surface area contributed by atoms with Gasteiger partial charge in [-0.2, -0.15) is 0 Å². The maximum absolute atomic E-state index is 10.6. The molecule has 0 spiro atoms. The summed E-state index contributed by atoms with van der Waals surface area (Å²) in [6, 6.07) is 0. The first-order chi connectivity index (χ1) is 6.06. The average Bonchev–Trinajstić information content (AvgIpc) is 2.04. The van der Waals surface area contributed by atoms with Gasteiger partial charge in [-0.05, 0) is 12.3 Å². The third-order valence-corrected chi connectivity index (χ3v) is 1.86. The highest BCUT2D eigenvalue weighted by Crippen LogP contribution is 1.98. The fourth-order valence-electron chi connectivity index (χ4n) is 0.937. The van der Waals surface area contributed by atoms with E-state index in [1.165, 1.54) is 13.8 Å². The summed E-state index contributed by atoms with van der Waals surface area (Å²) in [7, 11) is 0. The molecule has 0 aromatic rings. The molecule has 0 aliphatic heterocycles. The molecule has 0 aliphatic carbocycles. The van der Waals surface area contributed by atoms with Crippen molar-refractivity contribution in [3.05, 3.63) is 0 Å². The second kappa shape index (κ2) is 6.46. The highest BCUT2D eigenvalue weighted by molar-refractivity contribution is 5.73. The minimum Gasteiger partial charge on any atom is -0.356 e. The molecule has 4 heteroatoms. The van der Waals surface area contributed by atoms with Crippen molar-refractivity contribution in [1.82, 2.24) is 10.6 Å². The lowest BCUT2D eigenvalue weighted by Gasteiger charge is -2.14. The molecule has 13 heavy (non-hydrogen) atoms. The van der Waals surface area contributed by atoms with Crippen molar-refractivity contribution in [3.8, 4) is 0 Å². The van der Waals surface area contributed by atoms with Gasteiger partial charge in [0, 0.05) is 26.9 Å². The minimum atomic E-state index is -0.0266. The van der Waals surface area contributed by atoms with Gasteiger partial charge < -0.3 is 10.6 Å². The monoisotopic (exact) mass is 186 g/mol. The van der Waals surface area contributed by atoms with Crippen LogP contribution in [-0.2, 0) is 9.59 Å². The van der Waals surface area contributed by atoms with E-state index in [9.17, 15) is 9.59 Å². The fraction of sp³-hybridized carbons (Fsp3) is 0.778. The molecule has 0 aromatic heterocycles. The molecule has 0 heterocycles. The Morgan fingerprint density at radius 3 is 1.69 bits per heavy atom. The van der Waals surface area contributed by atoms with Crippen LogP contribution in [0.25, 0.3) is 0 Å². The zero-order valence-electron chi connectivity index (χ0n) is 8.52. The number of amides is 2. The third-order valence-electron chi connectivity index (χ3n) is 1.86. The molecule has 0 saturated heterocycles. The van der Waals surface area contributed by atoms with Gasteiger partial charge in [-0.1, -0.05) is 6.92 Å². The van der Waals surface area contributed by atoms with Crippen molar-refractivity contribution < 1.29 is 9.59 Å². The normalized spacial score (nSPS) is 9.85. The first-order valence-corrected chi connectivity index (χ1v) is 4.55. The van der Waals surface area contributed by atoms with Gasteiger partial charge in [-0.25, -0.2) is 0 Å². The number of carbonyl (C=O) groups excluding carboxylic acids is 2. The molecular formula is C9H18N2O2. The summed E-state index contributed by atoms with van der Waals surface area (Å²) in [5.74, 6) is 0.273. The Morgan fingerprint density at radius 2 is 1.46 bits per heavy atom. The summed E-state index contributed by atoms with van der Waals surface area (Å²) >= 11 is 0. The van der Waals surface area contributed by atoms with Crippen LogP contribution >= 0.6 is 0 Å². The Labute approximate surface area is 79.1 Å². The predicted octanol–water partition coefficient (Wildman–Crippen LogP) is 0.285. The molecule has 2 N–H and O–H groups in total. The Hall–Kier alpha value is -1.06. The van der Waals surface area contributed by atoms with E-state index >= 15 is 0 Å². The Balaban J connectivity index is 3.63. The zero-order valence-corrected chi connectivity index (χ0v) is 8.52. The molecule has 0 aromatic carbocycles. The minimum absolute atomic E-state index is 0.0266. The van der Waals surface area contributed by atoms with E-state index in [4.69, 9.17) is 0 Å². The van der Waals surface area contributed by atoms with Crippen molar-refractivity contribution in [2.75, 3.05) is 13.1 Å². The summed E-state index contributed by atoms with van der Waals surface area (Å²) in [6.07, 6.45) is 0.945. The van der Waals surface area contributed by atoms with E-state index in [-0.39, 0.29) is 11.8 Å². The first-order valence-electron chi connectivity index (χ1n) is 4.55. The lowest BCUT2D eigenvalue weighted by molar-refractivity contribution is -0.119. The highest BCUT2D eigenvalue weighted by Gasteiger charge is 2.06. The lowest BCUT2D eigenvalue weighted by atomic mass is 10.1. The second-order valence-electron chi connectivity index (χ2n) is 3.15. The topological polar surface area (TPSA) is 58.2 Å². The quantitative estimate of drug-likeness (QED) is 0.648. The molecule has 4 nitrogen and oxygen atoms in total. The maximum Gasteiger partial charge on any atom is 0.216 e. The highest BCUT2D eigenvalue weighted by atomic mass is 16.2. The molecular weight excluding hydrogens is 168 g/mol.